The van der Waals surface area contributed by atoms with Gasteiger partial charge in [0, 0.05) is 24.5 Å². The van der Waals surface area contributed by atoms with Crippen molar-refractivity contribution in [3.8, 4) is 17.2 Å². The van der Waals surface area contributed by atoms with Gasteiger partial charge in [-0.15, -0.1) is 11.3 Å². The van der Waals surface area contributed by atoms with E-state index in [1.807, 2.05) is 6.92 Å². The number of hydrogen-bond acceptors (Lipinski definition) is 7. The van der Waals surface area contributed by atoms with Crippen LogP contribution in [-0.4, -0.2) is 38.6 Å². The quantitative estimate of drug-likeness (QED) is 0.570. The molecular formula is C18H19NO6S2. The Hall–Kier alpha value is -2.10. The molecule has 4 rings (SSSR count). The van der Waals surface area contributed by atoms with Gasteiger partial charge >= 0.3 is 5.97 Å². The van der Waals surface area contributed by atoms with Crippen molar-refractivity contribution in [2.75, 3.05) is 19.9 Å². The topological polar surface area (TPSA) is 82.1 Å². The molecule has 0 saturated carbocycles. The minimum atomic E-state index is -3.59. The van der Waals surface area contributed by atoms with Crippen molar-refractivity contribution in [2.24, 2.45) is 5.92 Å². The van der Waals surface area contributed by atoms with Crippen LogP contribution in [0.1, 0.15) is 29.4 Å². The number of nitrogens with zero attached hydrogens (tertiary/aromatic N) is 1. The molecule has 0 radical (unpaired) electrons. The number of rotatable bonds is 4. The summed E-state index contributed by atoms with van der Waals surface area (Å²) < 4.78 is 42.9. The van der Waals surface area contributed by atoms with Crippen molar-refractivity contribution in [2.45, 2.75) is 24.7 Å². The summed E-state index contributed by atoms with van der Waals surface area (Å²) in [6.07, 6.45) is 1.88. The zero-order valence-corrected chi connectivity index (χ0v) is 16.3. The summed E-state index contributed by atoms with van der Waals surface area (Å²) in [7, 11) is -3.59. The number of benzene rings is 1. The molecule has 9 heteroatoms. The molecule has 0 bridgehead atoms. The predicted octanol–water partition coefficient (Wildman–Crippen LogP) is 3.12. The number of carbonyl (C=O) groups is 1. The lowest BCUT2D eigenvalue weighted by atomic mass is 10.0. The second-order valence-electron chi connectivity index (χ2n) is 6.66. The van der Waals surface area contributed by atoms with Crippen LogP contribution in [0, 0.1) is 5.92 Å². The van der Waals surface area contributed by atoms with E-state index in [0.29, 0.717) is 36.3 Å². The zero-order chi connectivity index (χ0) is 19.0. The Balaban J connectivity index is 1.49. The second-order valence-corrected chi connectivity index (χ2v) is 9.51. The molecule has 2 aliphatic rings. The summed E-state index contributed by atoms with van der Waals surface area (Å²) in [6.45, 7) is 3.20. The first kappa shape index (κ1) is 18.3. The van der Waals surface area contributed by atoms with E-state index in [0.717, 1.165) is 24.2 Å². The molecular weight excluding hydrogens is 390 g/mol. The normalized spacial score (nSPS) is 19.8. The molecule has 0 aliphatic carbocycles. The van der Waals surface area contributed by atoms with Crippen LogP contribution in [0.15, 0.2) is 34.5 Å². The fourth-order valence-electron chi connectivity index (χ4n) is 3.17. The lowest BCUT2D eigenvalue weighted by Crippen LogP contribution is -2.38. The molecule has 2 aliphatic heterocycles. The third-order valence-corrected chi connectivity index (χ3v) is 7.49. The summed E-state index contributed by atoms with van der Waals surface area (Å²) >= 11 is 1.06. The number of thiophene rings is 1. The number of sulfonamides is 1. The second kappa shape index (κ2) is 7.14. The molecule has 1 atom stereocenters. The van der Waals surface area contributed by atoms with Gasteiger partial charge in [0.15, 0.2) is 11.5 Å². The summed E-state index contributed by atoms with van der Waals surface area (Å²) in [6, 6.07) is 6.22. The molecule has 0 N–H and O–H groups in total. The first-order valence-electron chi connectivity index (χ1n) is 8.64. The molecule has 3 heterocycles. The van der Waals surface area contributed by atoms with E-state index in [-0.39, 0.29) is 16.6 Å². The Morgan fingerprint density at radius 2 is 2.07 bits per heavy atom. The van der Waals surface area contributed by atoms with Gasteiger partial charge in [0.1, 0.15) is 10.6 Å². The minimum Gasteiger partial charge on any atom is -0.454 e. The number of fused-ring (bicyclic) bond motifs is 1. The van der Waals surface area contributed by atoms with Gasteiger partial charge < -0.3 is 14.2 Å². The van der Waals surface area contributed by atoms with E-state index in [1.54, 1.807) is 18.2 Å². The molecule has 144 valence electrons. The summed E-state index contributed by atoms with van der Waals surface area (Å²) in [5, 5.41) is 1.49. The van der Waals surface area contributed by atoms with Crippen molar-refractivity contribution >= 4 is 27.3 Å². The highest BCUT2D eigenvalue weighted by Crippen LogP contribution is 2.35. The van der Waals surface area contributed by atoms with E-state index >= 15 is 0 Å². The van der Waals surface area contributed by atoms with Gasteiger partial charge in [0.05, 0.1) is 4.90 Å². The van der Waals surface area contributed by atoms with Crippen LogP contribution in [0.2, 0.25) is 0 Å². The monoisotopic (exact) mass is 409 g/mol. The molecule has 27 heavy (non-hydrogen) atoms. The van der Waals surface area contributed by atoms with Gasteiger partial charge in [-0.1, -0.05) is 6.92 Å². The molecule has 1 saturated heterocycles. The molecule has 0 amide bonds. The summed E-state index contributed by atoms with van der Waals surface area (Å²) in [5.74, 6) is 1.14. The highest BCUT2D eigenvalue weighted by molar-refractivity contribution is 7.89. The highest BCUT2D eigenvalue weighted by atomic mass is 32.2. The van der Waals surface area contributed by atoms with Crippen LogP contribution in [0.25, 0.3) is 0 Å². The van der Waals surface area contributed by atoms with Crippen LogP contribution >= 0.6 is 11.3 Å². The zero-order valence-electron chi connectivity index (χ0n) is 14.7. The van der Waals surface area contributed by atoms with E-state index in [1.165, 1.54) is 15.8 Å². The number of hydrogen-bond donors (Lipinski definition) is 0. The van der Waals surface area contributed by atoms with Crippen LogP contribution < -0.4 is 14.2 Å². The maximum atomic E-state index is 12.8. The van der Waals surface area contributed by atoms with Crippen molar-refractivity contribution in [3.63, 3.8) is 0 Å². The first-order chi connectivity index (χ1) is 12.9. The van der Waals surface area contributed by atoms with Crippen molar-refractivity contribution < 1.29 is 27.4 Å². The molecule has 0 spiro atoms. The minimum absolute atomic E-state index is 0.133. The van der Waals surface area contributed by atoms with Crippen molar-refractivity contribution in [3.05, 3.63) is 34.5 Å². The molecule has 0 unspecified atom stereocenters. The molecule has 7 nitrogen and oxygen atoms in total. The van der Waals surface area contributed by atoms with Gasteiger partial charge in [-0.25, -0.2) is 13.2 Å². The fraction of sp³-hybridized carbons (Fsp3) is 0.389. The Bertz CT molecular complexity index is 968. The molecule has 1 aromatic carbocycles. The van der Waals surface area contributed by atoms with Crippen LogP contribution in [0.5, 0.6) is 17.2 Å². The van der Waals surface area contributed by atoms with Crippen LogP contribution in [0.4, 0.5) is 0 Å². The molecule has 1 fully saturated rings. The van der Waals surface area contributed by atoms with Crippen molar-refractivity contribution in [1.82, 2.24) is 4.31 Å². The fourth-order valence-corrected chi connectivity index (χ4v) is 5.91. The van der Waals surface area contributed by atoms with Gasteiger partial charge in [-0.05, 0) is 37.0 Å². The SMILES string of the molecule is C[C@@H]1CCCN(S(=O)(=O)c2csc(C(=O)Oc3ccc4c(c3)OCO4)c2)C1. The van der Waals surface area contributed by atoms with E-state index < -0.39 is 16.0 Å². The summed E-state index contributed by atoms with van der Waals surface area (Å²) in [4.78, 5) is 12.8. The van der Waals surface area contributed by atoms with Gasteiger partial charge in [-0.2, -0.15) is 4.31 Å². The third kappa shape index (κ3) is 3.67. The average molecular weight is 409 g/mol. The largest absolute Gasteiger partial charge is 0.454 e. The van der Waals surface area contributed by atoms with E-state index in [2.05, 4.69) is 0 Å². The number of esters is 1. The third-order valence-electron chi connectivity index (χ3n) is 4.59. The maximum Gasteiger partial charge on any atom is 0.353 e. The van der Waals surface area contributed by atoms with Crippen molar-refractivity contribution in [1.29, 1.82) is 0 Å². The maximum absolute atomic E-state index is 12.8. The Labute approximate surface area is 161 Å². The van der Waals surface area contributed by atoms with Gasteiger partial charge in [0.25, 0.3) is 0 Å². The van der Waals surface area contributed by atoms with E-state index in [4.69, 9.17) is 14.2 Å². The Kier molecular flexibility index (Phi) is 4.83. The van der Waals surface area contributed by atoms with E-state index in [9.17, 15) is 13.2 Å². The van der Waals surface area contributed by atoms with Gasteiger partial charge in [0.2, 0.25) is 16.8 Å². The number of piperidine rings is 1. The summed E-state index contributed by atoms with van der Waals surface area (Å²) in [5.41, 5.74) is 0. The highest BCUT2D eigenvalue weighted by Gasteiger charge is 2.30. The van der Waals surface area contributed by atoms with Crippen LogP contribution in [-0.2, 0) is 10.0 Å². The predicted molar refractivity (Wildman–Crippen MR) is 99.0 cm³/mol. The Morgan fingerprint density at radius 3 is 2.89 bits per heavy atom. The standard InChI is InChI=1S/C18H19NO6S2/c1-12-3-2-6-19(9-12)27(21,22)14-8-17(26-10-14)18(20)25-13-4-5-15-16(7-13)24-11-23-15/h4-5,7-8,10,12H,2-3,6,9,11H2,1H3/t12-/m1/s1. The lowest BCUT2D eigenvalue weighted by molar-refractivity contribution is 0.0739. The first-order valence-corrected chi connectivity index (χ1v) is 11.0. The molecule has 1 aromatic heterocycles. The molecule has 2 aromatic rings. The number of ether oxygens (including phenoxy) is 3. The smallest absolute Gasteiger partial charge is 0.353 e. The average Bonchev–Trinajstić information content (AvgIpc) is 3.31. The number of carbonyl (C=O) groups excluding carboxylic acids is 1. The van der Waals surface area contributed by atoms with Crippen LogP contribution in [0.3, 0.4) is 0 Å². The Morgan fingerprint density at radius 1 is 1.26 bits per heavy atom. The van der Waals surface area contributed by atoms with Gasteiger partial charge in [-0.3, -0.25) is 0 Å². The lowest BCUT2D eigenvalue weighted by Gasteiger charge is -2.29.